The summed E-state index contributed by atoms with van der Waals surface area (Å²) in [6.07, 6.45) is 2.75. The van der Waals surface area contributed by atoms with Gasteiger partial charge >= 0.3 is 0 Å². The summed E-state index contributed by atoms with van der Waals surface area (Å²) >= 11 is 6.02. The van der Waals surface area contributed by atoms with E-state index in [0.29, 0.717) is 22.5 Å². The molecule has 2 aromatic rings. The molecule has 2 rings (SSSR count). The van der Waals surface area contributed by atoms with Gasteiger partial charge in [-0.2, -0.15) is 0 Å². The number of phenols is 1. The van der Waals surface area contributed by atoms with E-state index in [2.05, 4.69) is 34.0 Å². The summed E-state index contributed by atoms with van der Waals surface area (Å²) in [7, 11) is 1.97. The molecule has 1 aromatic heterocycles. The fourth-order valence-corrected chi connectivity index (χ4v) is 2.59. The first kappa shape index (κ1) is 17.5. The lowest BCUT2D eigenvalue weighted by atomic mass is 10.2. The minimum Gasteiger partial charge on any atom is -0.507 e. The van der Waals surface area contributed by atoms with Crippen molar-refractivity contribution in [3.8, 4) is 17.1 Å². The maximum Gasteiger partial charge on any atom is 0.165 e. The lowest BCUT2D eigenvalue weighted by molar-refractivity contribution is 0.477. The Hall–Kier alpha value is -1.85. The van der Waals surface area contributed by atoms with Gasteiger partial charge in [0, 0.05) is 30.4 Å². The number of aromatic hydroxyl groups is 1. The number of likely N-dealkylation sites (N-methyl/N-ethyl adjacent to an activating group) is 2. The van der Waals surface area contributed by atoms with E-state index in [4.69, 9.17) is 11.6 Å². The predicted octanol–water partition coefficient (Wildman–Crippen LogP) is 3.33. The highest BCUT2D eigenvalue weighted by Gasteiger charge is 2.14. The second-order valence-electron chi connectivity index (χ2n) is 5.33. The first-order valence-electron chi connectivity index (χ1n) is 7.83. The van der Waals surface area contributed by atoms with Gasteiger partial charge in [-0.1, -0.05) is 18.5 Å². The van der Waals surface area contributed by atoms with Crippen LogP contribution in [-0.2, 0) is 0 Å². The third kappa shape index (κ3) is 4.33. The zero-order valence-electron chi connectivity index (χ0n) is 13.8. The standard InChI is InChI=1S/C17H23ClN4O/c1-4-13(19-3)11-22(5-2)16-8-9-20-17(21-16)14-10-12(18)6-7-15(14)23/h6-10,13,19,23H,4-5,11H2,1-3H3/t13-/m1/s1. The Morgan fingerprint density at radius 1 is 1.30 bits per heavy atom. The molecule has 1 aromatic carbocycles. The molecule has 5 nitrogen and oxygen atoms in total. The quantitative estimate of drug-likeness (QED) is 0.813. The molecule has 0 bridgehead atoms. The average Bonchev–Trinajstić information content (AvgIpc) is 2.58. The Bertz CT molecular complexity index is 646. The molecular weight excluding hydrogens is 312 g/mol. The maximum absolute atomic E-state index is 10.0. The number of hydrogen-bond donors (Lipinski definition) is 2. The van der Waals surface area contributed by atoms with Crippen molar-refractivity contribution in [2.45, 2.75) is 26.3 Å². The molecule has 0 amide bonds. The van der Waals surface area contributed by atoms with Gasteiger partial charge in [0.1, 0.15) is 11.6 Å². The van der Waals surface area contributed by atoms with E-state index in [1.54, 1.807) is 24.4 Å². The highest BCUT2D eigenvalue weighted by Crippen LogP contribution is 2.30. The van der Waals surface area contributed by atoms with Gasteiger partial charge in [-0.15, -0.1) is 0 Å². The van der Waals surface area contributed by atoms with Gasteiger partial charge < -0.3 is 15.3 Å². The molecule has 23 heavy (non-hydrogen) atoms. The molecule has 0 fully saturated rings. The van der Waals surface area contributed by atoms with Crippen LogP contribution in [0.25, 0.3) is 11.4 Å². The highest BCUT2D eigenvalue weighted by atomic mass is 35.5. The van der Waals surface area contributed by atoms with Crippen molar-refractivity contribution < 1.29 is 5.11 Å². The normalized spacial score (nSPS) is 12.2. The van der Waals surface area contributed by atoms with E-state index in [9.17, 15) is 5.11 Å². The van der Waals surface area contributed by atoms with Crippen molar-refractivity contribution in [1.29, 1.82) is 0 Å². The number of benzene rings is 1. The Kier molecular flexibility index (Phi) is 6.19. The van der Waals surface area contributed by atoms with E-state index in [1.165, 1.54) is 0 Å². The first-order chi connectivity index (χ1) is 11.1. The molecule has 1 atom stereocenters. The number of hydrogen-bond acceptors (Lipinski definition) is 5. The lowest BCUT2D eigenvalue weighted by Crippen LogP contribution is -2.39. The fraction of sp³-hybridized carbons (Fsp3) is 0.412. The second-order valence-corrected chi connectivity index (χ2v) is 5.77. The van der Waals surface area contributed by atoms with Crippen LogP contribution >= 0.6 is 11.6 Å². The van der Waals surface area contributed by atoms with E-state index >= 15 is 0 Å². The van der Waals surface area contributed by atoms with Crippen molar-refractivity contribution >= 4 is 17.4 Å². The fourth-order valence-electron chi connectivity index (χ4n) is 2.42. The van der Waals surface area contributed by atoms with Gasteiger partial charge in [0.05, 0.1) is 5.56 Å². The Labute approximate surface area is 142 Å². The zero-order chi connectivity index (χ0) is 16.8. The van der Waals surface area contributed by atoms with Gasteiger partial charge in [0.25, 0.3) is 0 Å². The van der Waals surface area contributed by atoms with Crippen molar-refractivity contribution in [1.82, 2.24) is 15.3 Å². The number of nitrogens with one attached hydrogen (secondary N) is 1. The monoisotopic (exact) mass is 334 g/mol. The van der Waals surface area contributed by atoms with E-state index in [-0.39, 0.29) is 5.75 Å². The van der Waals surface area contributed by atoms with Gasteiger partial charge in [0.2, 0.25) is 0 Å². The average molecular weight is 335 g/mol. The van der Waals surface area contributed by atoms with Gasteiger partial charge in [-0.25, -0.2) is 9.97 Å². The van der Waals surface area contributed by atoms with Crippen molar-refractivity contribution in [3.63, 3.8) is 0 Å². The molecule has 0 aliphatic carbocycles. The van der Waals surface area contributed by atoms with Crippen LogP contribution in [-0.4, -0.2) is 41.3 Å². The molecule has 0 radical (unpaired) electrons. The van der Waals surface area contributed by atoms with Crippen LogP contribution in [0.4, 0.5) is 5.82 Å². The zero-order valence-corrected chi connectivity index (χ0v) is 14.5. The predicted molar refractivity (Wildman–Crippen MR) is 95.2 cm³/mol. The molecule has 0 spiro atoms. The van der Waals surface area contributed by atoms with Gasteiger partial charge in [0.15, 0.2) is 5.82 Å². The molecule has 0 saturated carbocycles. The Balaban J connectivity index is 2.33. The van der Waals surface area contributed by atoms with Crippen molar-refractivity contribution in [3.05, 3.63) is 35.5 Å². The van der Waals surface area contributed by atoms with Crippen LogP contribution in [0.5, 0.6) is 5.75 Å². The molecule has 6 heteroatoms. The van der Waals surface area contributed by atoms with Crippen molar-refractivity contribution in [2.24, 2.45) is 0 Å². The summed E-state index contributed by atoms with van der Waals surface area (Å²) in [5, 5.41) is 13.9. The SMILES string of the molecule is CC[C@H](CN(CC)c1ccnc(-c2cc(Cl)ccc2O)n1)NC. The third-order valence-electron chi connectivity index (χ3n) is 3.89. The largest absolute Gasteiger partial charge is 0.507 e. The lowest BCUT2D eigenvalue weighted by Gasteiger charge is -2.27. The Morgan fingerprint density at radius 2 is 2.09 bits per heavy atom. The molecule has 0 saturated heterocycles. The first-order valence-corrected chi connectivity index (χ1v) is 8.21. The molecular formula is C17H23ClN4O. The van der Waals surface area contributed by atoms with Crippen LogP contribution in [0.2, 0.25) is 5.02 Å². The Morgan fingerprint density at radius 3 is 2.74 bits per heavy atom. The number of anilines is 1. The number of halogens is 1. The smallest absolute Gasteiger partial charge is 0.165 e. The summed E-state index contributed by atoms with van der Waals surface area (Å²) in [4.78, 5) is 11.1. The number of phenolic OH excluding ortho intramolecular Hbond substituents is 1. The molecule has 0 unspecified atom stereocenters. The van der Waals surface area contributed by atoms with Crippen LogP contribution < -0.4 is 10.2 Å². The molecule has 1 heterocycles. The molecule has 2 N–H and O–H groups in total. The number of nitrogens with zero attached hydrogens (tertiary/aromatic N) is 3. The minimum absolute atomic E-state index is 0.122. The topological polar surface area (TPSA) is 61.3 Å². The summed E-state index contributed by atoms with van der Waals surface area (Å²) in [6.45, 7) is 5.96. The molecule has 0 aliphatic rings. The molecule has 0 aliphatic heterocycles. The summed E-state index contributed by atoms with van der Waals surface area (Å²) in [5.41, 5.74) is 0.538. The second kappa shape index (κ2) is 8.13. The van der Waals surface area contributed by atoms with Crippen LogP contribution in [0.1, 0.15) is 20.3 Å². The number of aromatic nitrogens is 2. The van der Waals surface area contributed by atoms with E-state index in [1.807, 2.05) is 13.1 Å². The van der Waals surface area contributed by atoms with Gasteiger partial charge in [-0.05, 0) is 44.7 Å². The minimum atomic E-state index is 0.122. The van der Waals surface area contributed by atoms with Crippen LogP contribution in [0.3, 0.4) is 0 Å². The third-order valence-corrected chi connectivity index (χ3v) is 4.12. The summed E-state index contributed by atoms with van der Waals surface area (Å²) in [6, 6.07) is 7.15. The van der Waals surface area contributed by atoms with Crippen LogP contribution in [0.15, 0.2) is 30.5 Å². The number of rotatable bonds is 7. The highest BCUT2D eigenvalue weighted by molar-refractivity contribution is 6.30. The van der Waals surface area contributed by atoms with Crippen LogP contribution in [0, 0.1) is 0 Å². The maximum atomic E-state index is 10.0. The summed E-state index contributed by atoms with van der Waals surface area (Å²) in [5.74, 6) is 1.43. The summed E-state index contributed by atoms with van der Waals surface area (Å²) < 4.78 is 0. The van der Waals surface area contributed by atoms with Crippen molar-refractivity contribution in [2.75, 3.05) is 25.0 Å². The van der Waals surface area contributed by atoms with E-state index in [0.717, 1.165) is 25.3 Å². The van der Waals surface area contributed by atoms with E-state index < -0.39 is 0 Å². The van der Waals surface area contributed by atoms with Gasteiger partial charge in [-0.3, -0.25) is 0 Å². The molecule has 124 valence electrons.